The normalized spacial score (nSPS) is 35.6. The summed E-state index contributed by atoms with van der Waals surface area (Å²) in [4.78, 5) is 18.4. The van der Waals surface area contributed by atoms with Crippen molar-refractivity contribution in [2.75, 3.05) is 0 Å². The molecule has 2 rings (SSSR count). The highest BCUT2D eigenvalue weighted by atomic mass is 31.2. The Morgan fingerprint density at radius 2 is 1.30 bits per heavy atom. The maximum absolute atomic E-state index is 14.1. The Labute approximate surface area is 118 Å². The van der Waals surface area contributed by atoms with E-state index in [1.165, 1.54) is 0 Å². The predicted molar refractivity (Wildman–Crippen MR) is 73.8 cm³/mol. The number of hydrogen-bond donors (Lipinski definition) is 2. The van der Waals surface area contributed by atoms with Gasteiger partial charge in [-0.25, -0.2) is 8.78 Å². The lowest BCUT2D eigenvalue weighted by atomic mass is 9.73. The standard InChI is InChI=1S/C14H23F2O3P/c15-13-7-3-1-5-10(13)12(9-20(17,18)19)11-6-2-4-8-14(11)16/h9-11,13-14H,1-8H2,(H2,17,18,19). The monoisotopic (exact) mass is 308 g/mol. The third-order valence-electron chi connectivity index (χ3n) is 4.54. The van der Waals surface area contributed by atoms with Gasteiger partial charge in [-0.3, -0.25) is 4.57 Å². The molecule has 20 heavy (non-hydrogen) atoms. The SMILES string of the molecule is O=P(O)(O)C=C(C1CCCCC1F)C1CCCCC1F. The Bertz CT molecular complexity index is 383. The summed E-state index contributed by atoms with van der Waals surface area (Å²) in [5.74, 6) is -0.173. The lowest BCUT2D eigenvalue weighted by Crippen LogP contribution is -2.31. The van der Waals surface area contributed by atoms with Crippen LogP contribution < -0.4 is 0 Å². The first-order valence-corrected chi connectivity index (χ1v) is 9.12. The molecule has 0 bridgehead atoms. The largest absolute Gasteiger partial charge is 0.349 e. The molecule has 116 valence electrons. The second-order valence-corrected chi connectivity index (χ2v) is 7.47. The van der Waals surface area contributed by atoms with Gasteiger partial charge in [-0.2, -0.15) is 0 Å². The molecule has 0 aromatic carbocycles. The van der Waals surface area contributed by atoms with E-state index in [1.54, 1.807) is 0 Å². The molecule has 3 nitrogen and oxygen atoms in total. The molecule has 2 aliphatic rings. The average molecular weight is 308 g/mol. The van der Waals surface area contributed by atoms with Crippen molar-refractivity contribution in [2.24, 2.45) is 11.8 Å². The van der Waals surface area contributed by atoms with Gasteiger partial charge in [0.25, 0.3) is 0 Å². The van der Waals surface area contributed by atoms with Crippen LogP contribution in [0.5, 0.6) is 0 Å². The second-order valence-electron chi connectivity index (χ2n) is 6.03. The van der Waals surface area contributed by atoms with Gasteiger partial charge in [0.15, 0.2) is 0 Å². The highest BCUT2D eigenvalue weighted by Gasteiger charge is 2.37. The first-order chi connectivity index (χ1) is 9.38. The van der Waals surface area contributed by atoms with Crippen molar-refractivity contribution in [3.05, 3.63) is 11.4 Å². The number of halogens is 2. The van der Waals surface area contributed by atoms with Crippen molar-refractivity contribution in [3.8, 4) is 0 Å². The third kappa shape index (κ3) is 4.12. The first kappa shape index (κ1) is 16.1. The highest BCUT2D eigenvalue weighted by molar-refractivity contribution is 7.55. The molecule has 0 radical (unpaired) electrons. The summed E-state index contributed by atoms with van der Waals surface area (Å²) in [6.07, 6.45) is 3.02. The molecule has 4 atom stereocenters. The van der Waals surface area contributed by atoms with Crippen molar-refractivity contribution in [3.63, 3.8) is 0 Å². The number of allylic oxidation sites excluding steroid dienone is 1. The van der Waals surface area contributed by atoms with Crippen LogP contribution >= 0.6 is 7.60 Å². The van der Waals surface area contributed by atoms with Crippen LogP contribution in [-0.2, 0) is 4.57 Å². The summed E-state index contributed by atoms with van der Waals surface area (Å²) in [5.41, 5.74) is 0.345. The zero-order valence-electron chi connectivity index (χ0n) is 11.5. The van der Waals surface area contributed by atoms with E-state index in [4.69, 9.17) is 0 Å². The van der Waals surface area contributed by atoms with Gasteiger partial charge in [0, 0.05) is 17.7 Å². The minimum absolute atomic E-state index is 0.345. The average Bonchev–Trinajstić information content (AvgIpc) is 2.37. The van der Waals surface area contributed by atoms with Gasteiger partial charge < -0.3 is 9.79 Å². The Kier molecular flexibility index (Phi) is 5.38. The van der Waals surface area contributed by atoms with Gasteiger partial charge in [0.1, 0.15) is 12.3 Å². The van der Waals surface area contributed by atoms with E-state index in [-0.39, 0.29) is 0 Å². The molecule has 0 spiro atoms. The molecule has 0 amide bonds. The van der Waals surface area contributed by atoms with Gasteiger partial charge in [0.05, 0.1) is 0 Å². The van der Waals surface area contributed by atoms with E-state index in [2.05, 4.69) is 0 Å². The summed E-state index contributed by atoms with van der Waals surface area (Å²) in [5, 5.41) is 0. The van der Waals surface area contributed by atoms with E-state index in [9.17, 15) is 23.1 Å². The maximum atomic E-state index is 14.1. The fourth-order valence-corrected chi connectivity index (χ4v) is 4.35. The fourth-order valence-electron chi connectivity index (χ4n) is 3.58. The summed E-state index contributed by atoms with van der Waals surface area (Å²) in [6, 6.07) is 0. The molecule has 2 fully saturated rings. The van der Waals surface area contributed by atoms with Gasteiger partial charge in [-0.1, -0.05) is 31.3 Å². The number of hydrogen-bond acceptors (Lipinski definition) is 1. The Morgan fingerprint density at radius 3 is 1.65 bits per heavy atom. The summed E-state index contributed by atoms with van der Waals surface area (Å²) >= 11 is 0. The van der Waals surface area contributed by atoms with Crippen molar-refractivity contribution in [2.45, 2.75) is 63.7 Å². The van der Waals surface area contributed by atoms with E-state index in [0.717, 1.165) is 31.5 Å². The van der Waals surface area contributed by atoms with Crippen molar-refractivity contribution >= 4 is 7.60 Å². The van der Waals surface area contributed by atoms with Crippen LogP contribution in [0.4, 0.5) is 8.78 Å². The van der Waals surface area contributed by atoms with Gasteiger partial charge in [-0.15, -0.1) is 0 Å². The molecule has 2 aliphatic carbocycles. The number of rotatable bonds is 3. The van der Waals surface area contributed by atoms with E-state index in [0.29, 0.717) is 31.3 Å². The molecule has 0 aromatic rings. The molecule has 0 saturated heterocycles. The van der Waals surface area contributed by atoms with Crippen molar-refractivity contribution in [1.82, 2.24) is 0 Å². The van der Waals surface area contributed by atoms with Crippen LogP contribution in [0.1, 0.15) is 51.4 Å². The molecule has 0 aliphatic heterocycles. The minimum atomic E-state index is -4.40. The molecular weight excluding hydrogens is 285 g/mol. The summed E-state index contributed by atoms with van der Waals surface area (Å²) in [7, 11) is -4.40. The van der Waals surface area contributed by atoms with E-state index >= 15 is 0 Å². The third-order valence-corrected chi connectivity index (χ3v) is 5.17. The quantitative estimate of drug-likeness (QED) is 0.772. The van der Waals surface area contributed by atoms with Gasteiger partial charge in [0.2, 0.25) is 0 Å². The van der Waals surface area contributed by atoms with E-state index < -0.39 is 31.8 Å². The Balaban J connectivity index is 2.28. The Morgan fingerprint density at radius 1 is 0.900 bits per heavy atom. The molecule has 2 saturated carbocycles. The maximum Gasteiger partial charge on any atom is 0.349 e. The molecule has 6 heteroatoms. The topological polar surface area (TPSA) is 57.5 Å². The smallest absolute Gasteiger partial charge is 0.321 e. The van der Waals surface area contributed by atoms with Crippen LogP contribution in [-0.4, -0.2) is 22.1 Å². The summed E-state index contributed by atoms with van der Waals surface area (Å²) < 4.78 is 39.6. The molecule has 4 unspecified atom stereocenters. The number of alkyl halides is 2. The van der Waals surface area contributed by atoms with Gasteiger partial charge in [-0.05, 0) is 25.7 Å². The molecule has 0 aromatic heterocycles. The molecular formula is C14H23F2O3P. The molecule has 0 heterocycles. The van der Waals surface area contributed by atoms with Crippen LogP contribution in [0.3, 0.4) is 0 Å². The van der Waals surface area contributed by atoms with Crippen LogP contribution in [0.2, 0.25) is 0 Å². The zero-order valence-corrected chi connectivity index (χ0v) is 12.4. The molecule has 2 N–H and O–H groups in total. The van der Waals surface area contributed by atoms with E-state index in [1.807, 2.05) is 0 Å². The summed E-state index contributed by atoms with van der Waals surface area (Å²) in [6.45, 7) is 0. The highest BCUT2D eigenvalue weighted by Crippen LogP contribution is 2.47. The lowest BCUT2D eigenvalue weighted by Gasteiger charge is -2.36. The van der Waals surface area contributed by atoms with Crippen molar-refractivity contribution in [1.29, 1.82) is 0 Å². The minimum Gasteiger partial charge on any atom is -0.321 e. The fraction of sp³-hybridized carbons (Fsp3) is 0.857. The second kappa shape index (κ2) is 6.67. The van der Waals surface area contributed by atoms with Crippen LogP contribution in [0, 0.1) is 11.8 Å². The van der Waals surface area contributed by atoms with Crippen molar-refractivity contribution < 1.29 is 23.1 Å². The lowest BCUT2D eigenvalue weighted by molar-refractivity contribution is 0.141. The zero-order chi connectivity index (χ0) is 14.8. The van der Waals surface area contributed by atoms with Gasteiger partial charge >= 0.3 is 7.60 Å². The van der Waals surface area contributed by atoms with Crippen LogP contribution in [0.15, 0.2) is 11.4 Å². The van der Waals surface area contributed by atoms with Crippen LogP contribution in [0.25, 0.3) is 0 Å². The first-order valence-electron chi connectivity index (χ1n) is 7.44. The predicted octanol–water partition coefficient (Wildman–Crippen LogP) is 4.10. The Hall–Kier alpha value is -0.250.